The minimum Gasteiger partial charge on any atom is -0.508 e. The lowest BCUT2D eigenvalue weighted by atomic mass is 9.94. The topological polar surface area (TPSA) is 49.3 Å². The highest BCUT2D eigenvalue weighted by Gasteiger charge is 2.15. The number of benzene rings is 2. The van der Waals surface area contributed by atoms with Crippen molar-refractivity contribution in [3.05, 3.63) is 57.1 Å². The van der Waals surface area contributed by atoms with Gasteiger partial charge < -0.3 is 10.4 Å². The molecule has 0 saturated carbocycles. The summed E-state index contributed by atoms with van der Waals surface area (Å²) in [5, 5.41) is 13.4. The molecule has 3 nitrogen and oxygen atoms in total. The summed E-state index contributed by atoms with van der Waals surface area (Å²) < 4.78 is 0. The number of nitrogens with one attached hydrogen (secondary N) is 1. The molecule has 0 aliphatic heterocycles. The molecule has 0 fully saturated rings. The van der Waals surface area contributed by atoms with E-state index in [1.165, 1.54) is 11.8 Å². The predicted octanol–water partition coefficient (Wildman–Crippen LogP) is 5.21. The van der Waals surface area contributed by atoms with E-state index in [0.29, 0.717) is 17.9 Å². The van der Waals surface area contributed by atoms with Gasteiger partial charge in [-0.1, -0.05) is 37.6 Å². The van der Waals surface area contributed by atoms with Crippen LogP contribution in [0.5, 0.6) is 5.75 Å². The van der Waals surface area contributed by atoms with Gasteiger partial charge in [-0.3, -0.25) is 4.79 Å². The van der Waals surface area contributed by atoms with Gasteiger partial charge in [0.25, 0.3) is 0 Å². The molecule has 5 heteroatoms. The third kappa shape index (κ3) is 4.74. The summed E-state index contributed by atoms with van der Waals surface area (Å²) in [7, 11) is 1.64. The largest absolute Gasteiger partial charge is 0.508 e. The number of phenolic OH excluding ortho intramolecular Hbond substituents is 1. The van der Waals surface area contributed by atoms with Crippen LogP contribution >= 0.6 is 23.4 Å². The molecule has 1 amide bonds. The Balaban J connectivity index is 2.32. The zero-order valence-electron chi connectivity index (χ0n) is 15.9. The second-order valence-electron chi connectivity index (χ2n) is 6.80. The molecule has 0 saturated heterocycles. The normalized spacial score (nSPS) is 11.0. The molecule has 0 heterocycles. The molecule has 2 aromatic rings. The fourth-order valence-electron chi connectivity index (χ4n) is 2.86. The van der Waals surface area contributed by atoms with E-state index in [1.54, 1.807) is 13.1 Å². The number of aryl methyl sites for hydroxylation is 1. The van der Waals surface area contributed by atoms with Gasteiger partial charge in [0.15, 0.2) is 0 Å². The van der Waals surface area contributed by atoms with Crippen molar-refractivity contribution < 1.29 is 9.90 Å². The van der Waals surface area contributed by atoms with Gasteiger partial charge >= 0.3 is 0 Å². The van der Waals surface area contributed by atoms with E-state index < -0.39 is 0 Å². The number of hydrogen-bond acceptors (Lipinski definition) is 3. The van der Waals surface area contributed by atoms with Crippen molar-refractivity contribution in [1.29, 1.82) is 0 Å². The number of carbonyl (C=O) groups excluding carboxylic acids is 1. The fourth-order valence-corrected chi connectivity index (χ4v) is 4.25. The van der Waals surface area contributed by atoms with Crippen LogP contribution in [0.25, 0.3) is 0 Å². The SMILES string of the molecule is CNC(=O)CSc1cc(C)c(Cc2ccc(O)c(C(C)C)c2)c(Cl)c1C. The van der Waals surface area contributed by atoms with Gasteiger partial charge in [-0.2, -0.15) is 0 Å². The molecule has 2 N–H and O–H groups in total. The number of hydrogen-bond donors (Lipinski definition) is 2. The quantitative estimate of drug-likeness (QED) is 0.664. The van der Waals surface area contributed by atoms with E-state index in [4.69, 9.17) is 11.6 Å². The van der Waals surface area contributed by atoms with Gasteiger partial charge in [0, 0.05) is 17.0 Å². The molecule has 0 aliphatic carbocycles. The Labute approximate surface area is 165 Å². The fraction of sp³-hybridized carbons (Fsp3) is 0.381. The minimum absolute atomic E-state index is 0.00226. The minimum atomic E-state index is -0.00226. The maximum atomic E-state index is 11.5. The molecule has 2 aromatic carbocycles. The zero-order chi connectivity index (χ0) is 19.4. The van der Waals surface area contributed by atoms with Crippen LogP contribution in [0.3, 0.4) is 0 Å². The molecule has 0 atom stereocenters. The van der Waals surface area contributed by atoms with Gasteiger partial charge in [0.05, 0.1) is 5.75 Å². The molecular weight excluding hydrogens is 366 g/mol. The number of phenols is 1. The van der Waals surface area contributed by atoms with Crippen LogP contribution in [0.2, 0.25) is 5.02 Å². The van der Waals surface area contributed by atoms with Crippen molar-refractivity contribution in [2.24, 2.45) is 0 Å². The summed E-state index contributed by atoms with van der Waals surface area (Å²) >= 11 is 8.17. The molecule has 0 aromatic heterocycles. The van der Waals surface area contributed by atoms with E-state index in [-0.39, 0.29) is 11.8 Å². The standard InChI is InChI=1S/C21H26ClNO2S/c1-12(2)16-9-15(6-7-18(16)24)10-17-13(3)8-19(14(4)21(17)22)26-11-20(25)23-5/h6-9,12,24H,10-11H2,1-5H3,(H,23,25). The van der Waals surface area contributed by atoms with E-state index >= 15 is 0 Å². The van der Waals surface area contributed by atoms with E-state index in [2.05, 4.69) is 31.3 Å². The average Bonchev–Trinajstić information content (AvgIpc) is 2.61. The van der Waals surface area contributed by atoms with Crippen molar-refractivity contribution in [1.82, 2.24) is 5.32 Å². The Kier molecular flexibility index (Phi) is 7.01. The molecule has 0 aliphatic rings. The highest BCUT2D eigenvalue weighted by atomic mass is 35.5. The van der Waals surface area contributed by atoms with Crippen LogP contribution in [0.1, 0.15) is 47.6 Å². The summed E-state index contributed by atoms with van der Waals surface area (Å²) in [6.45, 7) is 8.18. The number of aromatic hydroxyl groups is 1. The summed E-state index contributed by atoms with van der Waals surface area (Å²) in [6, 6.07) is 7.86. The Hall–Kier alpha value is -1.65. The van der Waals surface area contributed by atoms with Crippen LogP contribution in [0.4, 0.5) is 0 Å². The van der Waals surface area contributed by atoms with Crippen LogP contribution in [0, 0.1) is 13.8 Å². The molecular formula is C21H26ClNO2S. The average molecular weight is 392 g/mol. The Morgan fingerprint density at radius 3 is 2.58 bits per heavy atom. The molecule has 0 bridgehead atoms. The maximum absolute atomic E-state index is 11.5. The van der Waals surface area contributed by atoms with Crippen molar-refractivity contribution in [2.75, 3.05) is 12.8 Å². The first kappa shape index (κ1) is 20.7. The zero-order valence-corrected chi connectivity index (χ0v) is 17.5. The van der Waals surface area contributed by atoms with Gasteiger partial charge in [0.2, 0.25) is 5.91 Å². The number of thioether (sulfide) groups is 1. The summed E-state index contributed by atoms with van der Waals surface area (Å²) in [4.78, 5) is 12.5. The van der Waals surface area contributed by atoms with Gasteiger partial charge in [-0.05, 0) is 66.1 Å². The van der Waals surface area contributed by atoms with E-state index in [1.807, 2.05) is 19.9 Å². The molecule has 2 rings (SSSR count). The van der Waals surface area contributed by atoms with Gasteiger partial charge in [-0.25, -0.2) is 0 Å². The van der Waals surface area contributed by atoms with Crippen molar-refractivity contribution >= 4 is 29.3 Å². The predicted molar refractivity (Wildman–Crippen MR) is 111 cm³/mol. The first-order valence-electron chi connectivity index (χ1n) is 8.68. The lowest BCUT2D eigenvalue weighted by Gasteiger charge is -2.16. The molecule has 0 unspecified atom stereocenters. The lowest BCUT2D eigenvalue weighted by Crippen LogP contribution is -2.19. The van der Waals surface area contributed by atoms with Crippen LogP contribution in [-0.2, 0) is 11.2 Å². The first-order valence-corrected chi connectivity index (χ1v) is 10.0. The van der Waals surface area contributed by atoms with Crippen LogP contribution < -0.4 is 5.32 Å². The van der Waals surface area contributed by atoms with E-state index in [0.717, 1.165) is 37.7 Å². The van der Waals surface area contributed by atoms with Crippen molar-refractivity contribution in [3.8, 4) is 5.75 Å². The first-order chi connectivity index (χ1) is 12.2. The Morgan fingerprint density at radius 2 is 1.96 bits per heavy atom. The lowest BCUT2D eigenvalue weighted by molar-refractivity contribution is -0.118. The van der Waals surface area contributed by atoms with E-state index in [9.17, 15) is 9.90 Å². The monoisotopic (exact) mass is 391 g/mol. The molecule has 140 valence electrons. The number of rotatable bonds is 6. The smallest absolute Gasteiger partial charge is 0.230 e. The number of halogens is 1. The van der Waals surface area contributed by atoms with Crippen molar-refractivity contribution in [3.63, 3.8) is 0 Å². The second-order valence-corrected chi connectivity index (χ2v) is 8.19. The third-order valence-corrected chi connectivity index (χ3v) is 6.17. The number of carbonyl (C=O) groups is 1. The highest BCUT2D eigenvalue weighted by molar-refractivity contribution is 8.00. The third-order valence-electron chi connectivity index (χ3n) is 4.52. The summed E-state index contributed by atoms with van der Waals surface area (Å²) in [5.74, 6) is 0.973. The highest BCUT2D eigenvalue weighted by Crippen LogP contribution is 2.35. The van der Waals surface area contributed by atoms with Gasteiger partial charge in [0.1, 0.15) is 5.75 Å². The van der Waals surface area contributed by atoms with Crippen LogP contribution in [0.15, 0.2) is 29.2 Å². The molecule has 26 heavy (non-hydrogen) atoms. The second kappa shape index (κ2) is 8.83. The summed E-state index contributed by atoms with van der Waals surface area (Å²) in [6.07, 6.45) is 0.714. The number of amides is 1. The van der Waals surface area contributed by atoms with Gasteiger partial charge in [-0.15, -0.1) is 11.8 Å². The maximum Gasteiger partial charge on any atom is 0.230 e. The molecule has 0 spiro atoms. The summed E-state index contributed by atoms with van der Waals surface area (Å²) in [5.41, 5.74) is 5.28. The van der Waals surface area contributed by atoms with Crippen molar-refractivity contribution in [2.45, 2.75) is 44.9 Å². The van der Waals surface area contributed by atoms with Crippen LogP contribution in [-0.4, -0.2) is 23.8 Å². The molecule has 0 radical (unpaired) electrons. The Morgan fingerprint density at radius 1 is 1.27 bits per heavy atom. The Bertz CT molecular complexity index is 818.